The van der Waals surface area contributed by atoms with Crippen LogP contribution in [-0.2, 0) is 14.2 Å². The van der Waals surface area contributed by atoms with Crippen molar-refractivity contribution in [1.29, 1.82) is 0 Å². The van der Waals surface area contributed by atoms with Gasteiger partial charge in [-0.15, -0.1) is 0 Å². The summed E-state index contributed by atoms with van der Waals surface area (Å²) in [4.78, 5) is 31.5. The van der Waals surface area contributed by atoms with Gasteiger partial charge in [0.2, 0.25) is 0 Å². The maximum absolute atomic E-state index is 11.2. The molecule has 6 aromatic carbocycles. The number of aldehydes is 1. The Bertz CT molecular complexity index is 2380. The number of hydrogen-bond donors (Lipinski definition) is 2. The van der Waals surface area contributed by atoms with Crippen LogP contribution in [0.25, 0.3) is 33.9 Å². The third-order valence-corrected chi connectivity index (χ3v) is 8.70. The molecule has 2 N–H and O–H groups in total. The molecular formula is C43H37Al2FKN2O11. The molecule has 8 rings (SSSR count). The first-order chi connectivity index (χ1) is 28.2. The SMILES string of the molecule is CO.COc1ccccc1C=C1c2ccccc2-c2ccc([N+](=O)[O-])cc21.COc1ccccc1C=O.O=[N+]([O-])c1ccc2c(c1)Cc1ccccc1-2.O[O][Al].[F-].[K+].[O]=[Al]. The first-order valence-electron chi connectivity index (χ1n) is 17.1. The predicted molar refractivity (Wildman–Crippen MR) is 222 cm³/mol. The van der Waals surface area contributed by atoms with Gasteiger partial charge in [-0.25, -0.2) is 0 Å². The topological polar surface area (TPSA) is 189 Å². The Morgan fingerprint density at radius 1 is 0.600 bits per heavy atom. The summed E-state index contributed by atoms with van der Waals surface area (Å²) in [6.45, 7) is 0. The first-order valence-corrected chi connectivity index (χ1v) is 18.0. The summed E-state index contributed by atoms with van der Waals surface area (Å²) < 4.78 is 21.7. The predicted octanol–water partition coefficient (Wildman–Crippen LogP) is 2.52. The van der Waals surface area contributed by atoms with Crippen molar-refractivity contribution in [3.8, 4) is 33.8 Å². The minimum atomic E-state index is -0.357. The van der Waals surface area contributed by atoms with Crippen LogP contribution in [0.1, 0.15) is 38.2 Å². The summed E-state index contributed by atoms with van der Waals surface area (Å²) >= 11 is 2.80. The molecule has 2 aliphatic rings. The molecule has 0 amide bonds. The molecule has 0 aliphatic heterocycles. The number of rotatable bonds is 6. The zero-order valence-electron chi connectivity index (χ0n) is 33.1. The Morgan fingerprint density at radius 2 is 1.02 bits per heavy atom. The number of aliphatic hydroxyl groups is 1. The molecule has 17 heteroatoms. The number of aliphatic hydroxyl groups excluding tert-OH is 1. The van der Waals surface area contributed by atoms with Gasteiger partial charge in [0.25, 0.3) is 11.4 Å². The number of fused-ring (bicyclic) bond motifs is 6. The van der Waals surface area contributed by atoms with Gasteiger partial charge in [0, 0.05) is 36.9 Å². The third-order valence-electron chi connectivity index (χ3n) is 8.70. The van der Waals surface area contributed by atoms with Crippen molar-refractivity contribution in [2.45, 2.75) is 6.42 Å². The van der Waals surface area contributed by atoms with E-state index in [-0.39, 0.29) is 77.3 Å². The molecular weight excluding hydrogens is 833 g/mol. The van der Waals surface area contributed by atoms with E-state index in [2.05, 4.69) is 16.1 Å². The average molecular weight is 870 g/mol. The first kappa shape index (κ1) is 53.5. The normalized spacial score (nSPS) is 10.7. The Kier molecular flexibility index (Phi) is 25.0. The van der Waals surface area contributed by atoms with Gasteiger partial charge in [-0.3, -0.25) is 30.3 Å². The molecule has 0 heterocycles. The number of nitro benzene ring substituents is 2. The van der Waals surface area contributed by atoms with E-state index in [1.165, 1.54) is 27.4 Å². The molecule has 0 spiro atoms. The van der Waals surface area contributed by atoms with Crippen LogP contribution in [-0.4, -0.2) is 80.7 Å². The molecule has 6 aromatic rings. The molecule has 0 saturated carbocycles. The van der Waals surface area contributed by atoms with E-state index in [1.54, 1.807) is 73.3 Å². The van der Waals surface area contributed by atoms with E-state index in [0.29, 0.717) is 11.3 Å². The number of hydrogen-bond acceptors (Lipinski definition) is 11. The van der Waals surface area contributed by atoms with Gasteiger partial charge in [0.05, 0.1) is 29.6 Å². The van der Waals surface area contributed by atoms with Crippen LogP contribution in [0.2, 0.25) is 0 Å². The maximum atomic E-state index is 11.2. The van der Waals surface area contributed by atoms with Gasteiger partial charge in [-0.1, -0.05) is 78.9 Å². The Morgan fingerprint density at radius 3 is 1.55 bits per heavy atom. The fourth-order valence-corrected chi connectivity index (χ4v) is 6.31. The summed E-state index contributed by atoms with van der Waals surface area (Å²) in [6, 6.07) is 41.1. The summed E-state index contributed by atoms with van der Waals surface area (Å²) in [6.07, 6.45) is 3.61. The van der Waals surface area contributed by atoms with Crippen molar-refractivity contribution in [1.82, 2.24) is 0 Å². The van der Waals surface area contributed by atoms with Crippen LogP contribution in [0.15, 0.2) is 133 Å². The van der Waals surface area contributed by atoms with E-state index in [4.69, 9.17) is 23.6 Å². The fourth-order valence-electron chi connectivity index (χ4n) is 6.31. The monoisotopic (exact) mass is 869 g/mol. The zero-order chi connectivity index (χ0) is 42.6. The molecule has 3 radical (unpaired) electrons. The quantitative estimate of drug-likeness (QED) is 0.0822. The van der Waals surface area contributed by atoms with Crippen LogP contribution in [0.4, 0.5) is 11.4 Å². The molecule has 299 valence electrons. The van der Waals surface area contributed by atoms with Gasteiger partial charge < -0.3 is 23.2 Å². The van der Waals surface area contributed by atoms with Crippen LogP contribution in [0.3, 0.4) is 0 Å². The second kappa shape index (κ2) is 28.1. The molecule has 0 bridgehead atoms. The van der Waals surface area contributed by atoms with Crippen LogP contribution in [0.5, 0.6) is 11.5 Å². The molecule has 2 aliphatic carbocycles. The molecule has 0 saturated heterocycles. The van der Waals surface area contributed by atoms with E-state index in [1.807, 2.05) is 84.9 Å². The summed E-state index contributed by atoms with van der Waals surface area (Å²) in [7, 11) is 4.18. The number of para-hydroxylation sites is 2. The van der Waals surface area contributed by atoms with E-state index in [9.17, 15) is 25.0 Å². The van der Waals surface area contributed by atoms with E-state index in [0.717, 1.165) is 70.1 Å². The van der Waals surface area contributed by atoms with Crippen LogP contribution < -0.4 is 65.6 Å². The van der Waals surface area contributed by atoms with Crippen molar-refractivity contribution in [3.63, 3.8) is 0 Å². The van der Waals surface area contributed by atoms with E-state index >= 15 is 0 Å². The average Bonchev–Trinajstić information content (AvgIpc) is 3.80. The zero-order valence-corrected chi connectivity index (χ0v) is 38.5. The standard InChI is InChI=1S/C21H15NO3.C13H9NO2.C8H8O2.CH4O.2Al.FH.K.H2O2.O/c1-25-21-9-5-2-6-14(21)12-19-17-8-4-3-7-16(17)18-11-10-15(22(23)24)13-20(18)19;15-14(16)11-5-6-13-10(8-11)7-9-3-1-2-4-12(9)13;1-10-8-5-3-2-4-7(8)6-9;1-2;;;;;1-2;/h2-13H,1H3;1-6,8H,7H2;2-6H,1H3;2H,1H3;;;1H;;1-2H;/q;;;;;+1;;+1;;/p-2. The summed E-state index contributed by atoms with van der Waals surface area (Å²) in [5.41, 5.74) is 11.4. The number of halogens is 1. The second-order valence-electron chi connectivity index (χ2n) is 11.7. The van der Waals surface area contributed by atoms with Crippen molar-refractivity contribution < 1.29 is 98.3 Å². The van der Waals surface area contributed by atoms with Gasteiger partial charge >= 0.3 is 88.0 Å². The summed E-state index contributed by atoms with van der Waals surface area (Å²) in [5, 5.41) is 35.9. The van der Waals surface area contributed by atoms with Crippen molar-refractivity contribution in [2.75, 3.05) is 21.3 Å². The number of benzene rings is 6. The number of nitrogens with zero attached hydrogens (tertiary/aromatic N) is 2. The van der Waals surface area contributed by atoms with Crippen molar-refractivity contribution in [3.05, 3.63) is 187 Å². The molecule has 60 heavy (non-hydrogen) atoms. The van der Waals surface area contributed by atoms with Crippen molar-refractivity contribution >= 4 is 62.2 Å². The van der Waals surface area contributed by atoms with Gasteiger partial charge in [-0.2, -0.15) is 0 Å². The van der Waals surface area contributed by atoms with E-state index < -0.39 is 0 Å². The Labute approximate surface area is 405 Å². The van der Waals surface area contributed by atoms with Crippen LogP contribution >= 0.6 is 0 Å². The van der Waals surface area contributed by atoms with Gasteiger partial charge in [0.15, 0.2) is 6.29 Å². The number of carbonyl (C=O) groups is 1. The number of methoxy groups -OCH3 is 2. The van der Waals surface area contributed by atoms with Gasteiger partial charge in [-0.05, 0) is 92.9 Å². The molecule has 0 fully saturated rings. The Balaban J connectivity index is 0.000000444. The number of carbonyl (C=O) groups excluding carboxylic acids is 1. The summed E-state index contributed by atoms with van der Waals surface area (Å²) in [5.74, 6) is 1.39. The second-order valence-corrected chi connectivity index (χ2v) is 11.9. The molecule has 0 unspecified atom stereocenters. The number of ether oxygens (including phenoxy) is 2. The molecule has 13 nitrogen and oxygen atoms in total. The third kappa shape index (κ3) is 13.7. The minimum absolute atomic E-state index is 0. The molecule has 0 atom stereocenters. The number of nitro groups is 2. The van der Waals surface area contributed by atoms with Crippen molar-refractivity contribution in [2.24, 2.45) is 0 Å². The van der Waals surface area contributed by atoms with Gasteiger partial charge in [0.1, 0.15) is 11.5 Å². The molecule has 0 aromatic heterocycles. The Hall–Kier alpha value is -4.56. The number of non-ortho nitro benzene ring substituents is 2. The van der Waals surface area contributed by atoms with Crippen LogP contribution in [0, 0.1) is 20.2 Å². The fraction of sp³-hybridized carbons (Fsp3) is 0.0930.